The minimum absolute atomic E-state index is 0.0310. The number of ketones is 1. The summed E-state index contributed by atoms with van der Waals surface area (Å²) in [5.74, 6) is -1.69. The Kier molecular flexibility index (Phi) is 7.05. The maximum Gasteiger partial charge on any atom is 0.335 e. The van der Waals surface area contributed by atoms with Crippen molar-refractivity contribution in [1.82, 2.24) is 4.90 Å². The number of carboxylic acid groups (broad SMARTS) is 1. The summed E-state index contributed by atoms with van der Waals surface area (Å²) in [6, 6.07) is 18.7. The van der Waals surface area contributed by atoms with Crippen LogP contribution in [0.15, 0.2) is 78.4 Å². The zero-order valence-corrected chi connectivity index (χ0v) is 19.8. The molecule has 1 amide bonds. The Morgan fingerprint density at radius 2 is 1.44 bits per heavy atom. The van der Waals surface area contributed by atoms with Gasteiger partial charge in [-0.25, -0.2) is 4.79 Å². The number of aromatic carboxylic acids is 1. The minimum atomic E-state index is -1.06. The second kappa shape index (κ2) is 10.4. The molecule has 184 valence electrons. The van der Waals surface area contributed by atoms with E-state index in [2.05, 4.69) is 0 Å². The monoisotopic (exact) mass is 487 g/mol. The van der Waals surface area contributed by atoms with Gasteiger partial charge < -0.3 is 24.6 Å². The highest BCUT2D eigenvalue weighted by molar-refractivity contribution is 6.46. The zero-order valence-electron chi connectivity index (χ0n) is 19.8. The lowest BCUT2D eigenvalue weighted by Gasteiger charge is -2.25. The molecule has 1 aliphatic rings. The molecule has 36 heavy (non-hydrogen) atoms. The van der Waals surface area contributed by atoms with Gasteiger partial charge in [0.2, 0.25) is 0 Å². The minimum Gasteiger partial charge on any atom is -0.507 e. The van der Waals surface area contributed by atoms with Crippen LogP contribution in [-0.4, -0.2) is 46.5 Å². The Balaban J connectivity index is 1.78. The smallest absolute Gasteiger partial charge is 0.335 e. The molecule has 3 aromatic carbocycles. The summed E-state index contributed by atoms with van der Waals surface area (Å²) in [7, 11) is 1.54. The van der Waals surface area contributed by atoms with Crippen molar-refractivity contribution in [2.24, 2.45) is 0 Å². The van der Waals surface area contributed by atoms with Crippen LogP contribution in [-0.2, 0) is 16.1 Å². The predicted molar refractivity (Wildman–Crippen MR) is 132 cm³/mol. The number of ether oxygens (including phenoxy) is 2. The third-order valence-electron chi connectivity index (χ3n) is 5.96. The van der Waals surface area contributed by atoms with E-state index in [9.17, 15) is 19.5 Å². The summed E-state index contributed by atoms with van der Waals surface area (Å²) < 4.78 is 10.7. The average molecular weight is 488 g/mol. The lowest BCUT2D eigenvalue weighted by molar-refractivity contribution is -0.140. The van der Waals surface area contributed by atoms with Crippen LogP contribution in [0.1, 0.15) is 40.0 Å². The van der Waals surface area contributed by atoms with Gasteiger partial charge >= 0.3 is 5.97 Å². The molecule has 0 radical (unpaired) electrons. The maximum absolute atomic E-state index is 13.2. The number of rotatable bonds is 8. The quantitative estimate of drug-likeness (QED) is 0.275. The zero-order chi connectivity index (χ0) is 25.8. The van der Waals surface area contributed by atoms with E-state index in [4.69, 9.17) is 14.6 Å². The van der Waals surface area contributed by atoms with Gasteiger partial charge in [0, 0.05) is 12.1 Å². The van der Waals surface area contributed by atoms with Crippen molar-refractivity contribution >= 4 is 23.4 Å². The SMILES string of the molecule is CCOc1ccc(/C(O)=C2\C(=O)C(=O)N(Cc3ccc(C(=O)O)cc3)C2c2ccc(OC)cc2)cc1. The molecule has 1 saturated heterocycles. The van der Waals surface area contributed by atoms with E-state index in [-0.39, 0.29) is 23.4 Å². The molecule has 1 unspecified atom stereocenters. The van der Waals surface area contributed by atoms with E-state index in [1.54, 1.807) is 60.7 Å². The maximum atomic E-state index is 13.2. The lowest BCUT2D eigenvalue weighted by Crippen LogP contribution is -2.29. The fourth-order valence-electron chi connectivity index (χ4n) is 4.16. The van der Waals surface area contributed by atoms with Crippen molar-refractivity contribution in [3.63, 3.8) is 0 Å². The molecule has 2 N–H and O–H groups in total. The van der Waals surface area contributed by atoms with Gasteiger partial charge in [-0.2, -0.15) is 0 Å². The van der Waals surface area contributed by atoms with Crippen LogP contribution in [0.4, 0.5) is 0 Å². The summed E-state index contributed by atoms with van der Waals surface area (Å²) in [6.07, 6.45) is 0. The molecular formula is C28H25NO7. The Bertz CT molecular complexity index is 1310. The molecule has 1 aliphatic heterocycles. The number of nitrogens with zero attached hydrogens (tertiary/aromatic N) is 1. The summed E-state index contributed by atoms with van der Waals surface area (Å²) in [5, 5.41) is 20.4. The molecule has 3 aromatic rings. The molecule has 0 saturated carbocycles. The van der Waals surface area contributed by atoms with E-state index in [1.165, 1.54) is 24.1 Å². The summed E-state index contributed by atoms with van der Waals surface area (Å²) >= 11 is 0. The topological polar surface area (TPSA) is 113 Å². The van der Waals surface area contributed by atoms with Gasteiger partial charge in [0.25, 0.3) is 11.7 Å². The number of aliphatic hydroxyl groups excluding tert-OH is 1. The second-order valence-electron chi connectivity index (χ2n) is 8.16. The molecule has 0 aromatic heterocycles. The standard InChI is InChI=1S/C28H25NO7/c1-3-36-22-14-10-19(11-15-22)25(30)23-24(18-8-12-21(35-2)13-9-18)29(27(32)26(23)31)16-17-4-6-20(7-5-17)28(33)34/h4-15,24,30H,3,16H2,1-2H3,(H,33,34)/b25-23+. The van der Waals surface area contributed by atoms with E-state index in [0.717, 1.165) is 0 Å². The Labute approximate surface area is 208 Å². The number of hydrogen-bond donors (Lipinski definition) is 2. The summed E-state index contributed by atoms with van der Waals surface area (Å²) in [5.41, 5.74) is 1.71. The second-order valence-corrected chi connectivity index (χ2v) is 8.16. The molecule has 8 heteroatoms. The van der Waals surface area contributed by atoms with Crippen molar-refractivity contribution in [2.75, 3.05) is 13.7 Å². The van der Waals surface area contributed by atoms with E-state index < -0.39 is 23.7 Å². The highest BCUT2D eigenvalue weighted by Gasteiger charge is 2.46. The van der Waals surface area contributed by atoms with E-state index >= 15 is 0 Å². The average Bonchev–Trinajstić information content (AvgIpc) is 3.14. The number of Topliss-reactive ketones (excluding diaryl/α,β-unsaturated/α-hetero) is 1. The summed E-state index contributed by atoms with van der Waals surface area (Å²) in [4.78, 5) is 38.9. The molecule has 1 atom stereocenters. The van der Waals surface area contributed by atoms with Gasteiger partial charge in [0.1, 0.15) is 17.3 Å². The number of carboxylic acids is 1. The Morgan fingerprint density at radius 3 is 2.00 bits per heavy atom. The van der Waals surface area contributed by atoms with Crippen LogP contribution < -0.4 is 9.47 Å². The number of carbonyl (C=O) groups is 3. The normalized spacial score (nSPS) is 16.7. The van der Waals surface area contributed by atoms with Crippen LogP contribution in [0.2, 0.25) is 0 Å². The first-order valence-electron chi connectivity index (χ1n) is 11.3. The highest BCUT2D eigenvalue weighted by Crippen LogP contribution is 2.40. The Morgan fingerprint density at radius 1 is 0.861 bits per heavy atom. The number of likely N-dealkylation sites (tertiary alicyclic amines) is 1. The fourth-order valence-corrected chi connectivity index (χ4v) is 4.16. The highest BCUT2D eigenvalue weighted by atomic mass is 16.5. The van der Waals surface area contributed by atoms with Crippen molar-refractivity contribution < 1.29 is 34.1 Å². The van der Waals surface area contributed by atoms with Crippen molar-refractivity contribution in [3.05, 3.63) is 101 Å². The first-order valence-corrected chi connectivity index (χ1v) is 11.3. The molecule has 8 nitrogen and oxygen atoms in total. The van der Waals surface area contributed by atoms with Crippen molar-refractivity contribution in [2.45, 2.75) is 19.5 Å². The van der Waals surface area contributed by atoms with Crippen LogP contribution in [0.3, 0.4) is 0 Å². The molecule has 0 spiro atoms. The van der Waals surface area contributed by atoms with Gasteiger partial charge in [0.15, 0.2) is 0 Å². The first-order chi connectivity index (χ1) is 17.3. The number of benzene rings is 3. The lowest BCUT2D eigenvalue weighted by atomic mass is 9.95. The fraction of sp³-hybridized carbons (Fsp3) is 0.179. The number of aliphatic hydroxyl groups is 1. The summed E-state index contributed by atoms with van der Waals surface area (Å²) in [6.45, 7) is 2.39. The van der Waals surface area contributed by atoms with Gasteiger partial charge in [-0.05, 0) is 66.6 Å². The van der Waals surface area contributed by atoms with Gasteiger partial charge in [-0.15, -0.1) is 0 Å². The van der Waals surface area contributed by atoms with E-state index in [0.29, 0.717) is 34.8 Å². The molecule has 1 heterocycles. The first kappa shape index (κ1) is 24.5. The number of amides is 1. The van der Waals surface area contributed by atoms with Gasteiger partial charge in [-0.3, -0.25) is 9.59 Å². The third kappa shape index (κ3) is 4.79. The predicted octanol–water partition coefficient (Wildman–Crippen LogP) is 4.41. The third-order valence-corrected chi connectivity index (χ3v) is 5.96. The molecule has 4 rings (SSSR count). The number of carbonyl (C=O) groups excluding carboxylic acids is 2. The number of hydrogen-bond acceptors (Lipinski definition) is 6. The number of methoxy groups -OCH3 is 1. The van der Waals surface area contributed by atoms with E-state index in [1.807, 2.05) is 6.92 Å². The van der Waals surface area contributed by atoms with Crippen LogP contribution in [0.25, 0.3) is 5.76 Å². The van der Waals surface area contributed by atoms with Crippen LogP contribution in [0, 0.1) is 0 Å². The van der Waals surface area contributed by atoms with Crippen LogP contribution in [0.5, 0.6) is 11.5 Å². The van der Waals surface area contributed by atoms with Crippen molar-refractivity contribution in [1.29, 1.82) is 0 Å². The molecular weight excluding hydrogens is 462 g/mol. The molecule has 0 aliphatic carbocycles. The molecule has 1 fully saturated rings. The molecule has 0 bridgehead atoms. The Hall–Kier alpha value is -4.59. The van der Waals surface area contributed by atoms with Crippen LogP contribution >= 0.6 is 0 Å². The van der Waals surface area contributed by atoms with Gasteiger partial charge in [0.05, 0.1) is 30.9 Å². The van der Waals surface area contributed by atoms with Crippen molar-refractivity contribution in [3.8, 4) is 11.5 Å². The van der Waals surface area contributed by atoms with Gasteiger partial charge in [-0.1, -0.05) is 24.3 Å². The largest absolute Gasteiger partial charge is 0.507 e.